The molecule has 0 amide bonds. The number of nitrogens with one attached hydrogen (secondary N) is 1. The van der Waals surface area contributed by atoms with Crippen LogP contribution in [0.15, 0.2) is 35.7 Å². The average Bonchev–Trinajstić information content (AvgIpc) is 3.16. The van der Waals surface area contributed by atoms with Crippen molar-refractivity contribution in [2.45, 2.75) is 6.42 Å². The Kier molecular flexibility index (Phi) is 2.93. The number of carbonyl (C=O) groups excluding carboxylic acids is 1. The Morgan fingerprint density at radius 3 is 2.95 bits per heavy atom. The van der Waals surface area contributed by atoms with Crippen LogP contribution in [0.25, 0.3) is 5.70 Å². The number of hydrogen-bond donors (Lipinski definition) is 1. The molecule has 2 aliphatic rings. The molecule has 106 valence electrons. The highest BCUT2D eigenvalue weighted by molar-refractivity contribution is 7.12. The van der Waals surface area contributed by atoms with Crippen LogP contribution in [0.2, 0.25) is 0 Å². The van der Waals surface area contributed by atoms with Gasteiger partial charge in [-0.1, -0.05) is 6.07 Å². The molecule has 1 aromatic carbocycles. The smallest absolute Gasteiger partial charge is 0.231 e. The Bertz CT molecular complexity index is 734. The van der Waals surface area contributed by atoms with E-state index in [-0.39, 0.29) is 12.6 Å². The molecule has 5 heteroatoms. The van der Waals surface area contributed by atoms with E-state index in [0.717, 1.165) is 40.6 Å². The average molecular weight is 299 g/mol. The summed E-state index contributed by atoms with van der Waals surface area (Å²) in [6.45, 7) is 1.08. The van der Waals surface area contributed by atoms with E-state index in [4.69, 9.17) is 9.47 Å². The third-order valence-electron chi connectivity index (χ3n) is 3.64. The Morgan fingerprint density at radius 2 is 2.14 bits per heavy atom. The summed E-state index contributed by atoms with van der Waals surface area (Å²) < 4.78 is 10.8. The second kappa shape index (κ2) is 4.93. The SMILES string of the molecule is O=C(C=C1NCCc2cc3c(cc21)OCO3)c1cccs1. The minimum atomic E-state index is 0.0259. The molecule has 0 unspecified atom stereocenters. The molecule has 4 nitrogen and oxygen atoms in total. The molecule has 0 saturated heterocycles. The summed E-state index contributed by atoms with van der Waals surface area (Å²) in [6.07, 6.45) is 2.59. The zero-order chi connectivity index (χ0) is 14.2. The lowest BCUT2D eigenvalue weighted by atomic mass is 9.96. The van der Waals surface area contributed by atoms with Crippen molar-refractivity contribution in [3.05, 3.63) is 51.7 Å². The number of hydrogen-bond acceptors (Lipinski definition) is 5. The van der Waals surface area contributed by atoms with E-state index < -0.39 is 0 Å². The van der Waals surface area contributed by atoms with Crippen molar-refractivity contribution in [3.8, 4) is 11.5 Å². The van der Waals surface area contributed by atoms with Crippen LogP contribution >= 0.6 is 11.3 Å². The Morgan fingerprint density at radius 1 is 1.29 bits per heavy atom. The fourth-order valence-electron chi connectivity index (χ4n) is 2.62. The van der Waals surface area contributed by atoms with E-state index in [1.807, 2.05) is 29.6 Å². The molecule has 0 aliphatic carbocycles. The molecule has 21 heavy (non-hydrogen) atoms. The van der Waals surface area contributed by atoms with E-state index >= 15 is 0 Å². The predicted molar refractivity (Wildman–Crippen MR) is 80.9 cm³/mol. The molecule has 2 aromatic rings. The fourth-order valence-corrected chi connectivity index (χ4v) is 3.25. The molecular weight excluding hydrogens is 286 g/mol. The van der Waals surface area contributed by atoms with E-state index in [0.29, 0.717) is 0 Å². The lowest BCUT2D eigenvalue weighted by molar-refractivity contribution is 0.105. The van der Waals surface area contributed by atoms with Crippen molar-refractivity contribution < 1.29 is 14.3 Å². The number of ketones is 1. The van der Waals surface area contributed by atoms with Gasteiger partial charge in [0.25, 0.3) is 0 Å². The first-order chi connectivity index (χ1) is 10.3. The summed E-state index contributed by atoms with van der Waals surface area (Å²) in [5, 5.41) is 5.22. The van der Waals surface area contributed by atoms with Gasteiger partial charge in [0.2, 0.25) is 6.79 Å². The van der Waals surface area contributed by atoms with Crippen molar-refractivity contribution in [3.63, 3.8) is 0 Å². The summed E-state index contributed by atoms with van der Waals surface area (Å²) in [4.78, 5) is 13.0. The number of ether oxygens (including phenoxy) is 2. The number of fused-ring (bicyclic) bond motifs is 2. The lowest BCUT2D eigenvalue weighted by Gasteiger charge is -2.21. The van der Waals surface area contributed by atoms with Crippen molar-refractivity contribution in [2.75, 3.05) is 13.3 Å². The van der Waals surface area contributed by atoms with Crippen LogP contribution in [0.5, 0.6) is 11.5 Å². The Labute approximate surface area is 126 Å². The van der Waals surface area contributed by atoms with Gasteiger partial charge in [0.15, 0.2) is 17.3 Å². The number of allylic oxidation sites excluding steroid dienone is 1. The van der Waals surface area contributed by atoms with E-state index in [9.17, 15) is 4.79 Å². The standard InChI is InChI=1S/C16H13NO3S/c18-13(16-2-1-5-21-16)8-12-11-7-15-14(19-9-20-15)6-10(11)3-4-17-12/h1-2,5-8,17H,3-4,9H2. The summed E-state index contributed by atoms with van der Waals surface area (Å²) in [6, 6.07) is 7.70. The summed E-state index contributed by atoms with van der Waals surface area (Å²) in [5.41, 5.74) is 3.06. The molecule has 0 saturated carbocycles. The number of benzene rings is 1. The van der Waals surface area contributed by atoms with Gasteiger partial charge < -0.3 is 14.8 Å². The monoisotopic (exact) mass is 299 g/mol. The van der Waals surface area contributed by atoms with Crippen LogP contribution in [0.1, 0.15) is 20.8 Å². The largest absolute Gasteiger partial charge is 0.454 e. The van der Waals surface area contributed by atoms with E-state index in [1.165, 1.54) is 16.9 Å². The van der Waals surface area contributed by atoms with Crippen LogP contribution in [0.4, 0.5) is 0 Å². The lowest BCUT2D eigenvalue weighted by Crippen LogP contribution is -2.23. The highest BCUT2D eigenvalue weighted by Gasteiger charge is 2.22. The van der Waals surface area contributed by atoms with Gasteiger partial charge in [-0.25, -0.2) is 0 Å². The highest BCUT2D eigenvalue weighted by Crippen LogP contribution is 2.38. The second-order valence-corrected chi connectivity index (χ2v) is 5.89. The Hall–Kier alpha value is -2.27. The van der Waals surface area contributed by atoms with Gasteiger partial charge >= 0.3 is 0 Å². The number of thiophene rings is 1. The molecule has 1 N–H and O–H groups in total. The summed E-state index contributed by atoms with van der Waals surface area (Å²) >= 11 is 1.45. The zero-order valence-corrected chi connectivity index (χ0v) is 12.0. The Balaban J connectivity index is 1.75. The molecule has 4 rings (SSSR count). The first-order valence-corrected chi connectivity index (χ1v) is 7.65. The summed E-state index contributed by atoms with van der Waals surface area (Å²) in [5.74, 6) is 1.56. The van der Waals surface area contributed by atoms with Gasteiger partial charge in [0.05, 0.1) is 4.88 Å². The summed E-state index contributed by atoms with van der Waals surface area (Å²) in [7, 11) is 0. The van der Waals surface area contributed by atoms with E-state index in [2.05, 4.69) is 5.32 Å². The van der Waals surface area contributed by atoms with Gasteiger partial charge in [-0.2, -0.15) is 0 Å². The van der Waals surface area contributed by atoms with Crippen LogP contribution < -0.4 is 14.8 Å². The highest BCUT2D eigenvalue weighted by atomic mass is 32.1. The van der Waals surface area contributed by atoms with Crippen molar-refractivity contribution in [1.29, 1.82) is 0 Å². The van der Waals surface area contributed by atoms with Gasteiger partial charge in [0, 0.05) is 23.9 Å². The predicted octanol–water partition coefficient (Wildman–Crippen LogP) is 2.85. The molecule has 1 aromatic heterocycles. The van der Waals surface area contributed by atoms with Crippen molar-refractivity contribution in [1.82, 2.24) is 5.32 Å². The quantitative estimate of drug-likeness (QED) is 0.684. The molecule has 0 spiro atoms. The van der Waals surface area contributed by atoms with Crippen molar-refractivity contribution >= 4 is 22.8 Å². The van der Waals surface area contributed by atoms with Gasteiger partial charge in [-0.05, 0) is 35.6 Å². The normalized spacial score (nSPS) is 17.4. The maximum absolute atomic E-state index is 12.3. The minimum Gasteiger partial charge on any atom is -0.454 e. The zero-order valence-electron chi connectivity index (χ0n) is 11.2. The van der Waals surface area contributed by atoms with Crippen LogP contribution in [0, 0.1) is 0 Å². The van der Waals surface area contributed by atoms with Crippen molar-refractivity contribution in [2.24, 2.45) is 0 Å². The second-order valence-electron chi connectivity index (χ2n) is 4.94. The first-order valence-electron chi connectivity index (χ1n) is 6.77. The molecule has 0 fully saturated rings. The molecule has 0 radical (unpaired) electrons. The van der Waals surface area contributed by atoms with Gasteiger partial charge in [-0.15, -0.1) is 11.3 Å². The molecule has 3 heterocycles. The molecule has 2 aliphatic heterocycles. The number of rotatable bonds is 2. The number of carbonyl (C=O) groups is 1. The van der Waals surface area contributed by atoms with Gasteiger partial charge in [-0.3, -0.25) is 4.79 Å². The van der Waals surface area contributed by atoms with E-state index in [1.54, 1.807) is 6.08 Å². The van der Waals surface area contributed by atoms with Crippen LogP contribution in [-0.4, -0.2) is 19.1 Å². The fraction of sp³-hybridized carbons (Fsp3) is 0.188. The molecule has 0 bridgehead atoms. The van der Waals surface area contributed by atoms with Crippen LogP contribution in [-0.2, 0) is 6.42 Å². The van der Waals surface area contributed by atoms with Gasteiger partial charge in [0.1, 0.15) is 0 Å². The minimum absolute atomic E-state index is 0.0259. The molecular formula is C16H13NO3S. The topological polar surface area (TPSA) is 47.6 Å². The maximum atomic E-state index is 12.3. The third-order valence-corrected chi connectivity index (χ3v) is 4.52. The maximum Gasteiger partial charge on any atom is 0.231 e. The van der Waals surface area contributed by atoms with Crippen LogP contribution in [0.3, 0.4) is 0 Å². The molecule has 0 atom stereocenters. The third kappa shape index (κ3) is 2.19. The first kappa shape index (κ1) is 12.5.